The molecule has 0 radical (unpaired) electrons. The van der Waals surface area contributed by atoms with Crippen molar-refractivity contribution in [3.8, 4) is 17.7 Å². The Hall–Kier alpha value is -3.85. The Labute approximate surface area is 195 Å². The quantitative estimate of drug-likeness (QED) is 0.323. The summed E-state index contributed by atoms with van der Waals surface area (Å²) < 4.78 is 45.1. The molecule has 0 spiro atoms. The number of nitrogens with zero attached hydrogens (tertiary/aromatic N) is 6. The van der Waals surface area contributed by atoms with Gasteiger partial charge in [0, 0.05) is 13.2 Å². The third-order valence-corrected chi connectivity index (χ3v) is 5.70. The molecule has 34 heavy (non-hydrogen) atoms. The van der Waals surface area contributed by atoms with Gasteiger partial charge in [-0.2, -0.15) is 28.1 Å². The molecule has 0 aliphatic heterocycles. The Morgan fingerprint density at radius 3 is 2.29 bits per heavy atom. The Bertz CT molecular complexity index is 1290. The lowest BCUT2D eigenvalue weighted by Crippen LogP contribution is -2.18. The molecular weight excluding hydrogens is 470 g/mol. The van der Waals surface area contributed by atoms with Gasteiger partial charge in [0.05, 0.1) is 25.2 Å². The van der Waals surface area contributed by atoms with E-state index in [4.69, 9.17) is 14.2 Å². The first-order valence-corrected chi connectivity index (χ1v) is 11.3. The second kappa shape index (κ2) is 9.96. The molecule has 0 saturated carbocycles. The summed E-state index contributed by atoms with van der Waals surface area (Å²) in [5.41, 5.74) is -0.117. The van der Waals surface area contributed by atoms with E-state index in [2.05, 4.69) is 24.8 Å². The van der Waals surface area contributed by atoms with Gasteiger partial charge in [-0.1, -0.05) is 26.0 Å². The monoisotopic (exact) mass is 493 g/mol. The maximum absolute atomic E-state index is 13.2. The van der Waals surface area contributed by atoms with Gasteiger partial charge in [0.15, 0.2) is 5.82 Å². The first-order chi connectivity index (χ1) is 16.1. The van der Waals surface area contributed by atoms with E-state index in [0.29, 0.717) is 5.56 Å². The minimum Gasteiger partial charge on any atom is -0.481 e. The van der Waals surface area contributed by atoms with Crippen molar-refractivity contribution < 1.29 is 27.6 Å². The molecule has 3 rings (SSSR count). The topological polar surface area (TPSA) is 173 Å². The standard InChI is InChI=1S/C19H23N7O7S/c1-11(2)12-7-6-8-13(26(27)28)17(12)24-34(29,30)19-20-14(10-31-3)25(23-19)18-21-15(32-4)9-16(22-18)33-5/h6-9,11,24H,10H2,1-5H3. The number of nitro benzene ring substituents is 1. The number of ether oxygens (including phenoxy) is 3. The fourth-order valence-corrected chi connectivity index (χ4v) is 4.00. The summed E-state index contributed by atoms with van der Waals surface area (Å²) in [6, 6.07) is 5.73. The SMILES string of the molecule is COCc1nc(S(=O)(=O)Nc2c(C(C)C)cccc2[N+](=O)[O-])nn1-c1nc(OC)cc(OC)n1. The molecule has 0 atom stereocenters. The van der Waals surface area contributed by atoms with Crippen molar-refractivity contribution in [2.75, 3.05) is 26.1 Å². The van der Waals surface area contributed by atoms with Crippen LogP contribution in [0.3, 0.4) is 0 Å². The zero-order valence-corrected chi connectivity index (χ0v) is 19.9. The average molecular weight is 494 g/mol. The first-order valence-electron chi connectivity index (χ1n) is 9.83. The highest BCUT2D eigenvalue weighted by Gasteiger charge is 2.29. The average Bonchev–Trinajstić information content (AvgIpc) is 3.23. The molecule has 2 heterocycles. The number of anilines is 1. The number of nitrogens with one attached hydrogen (secondary N) is 1. The molecule has 1 N–H and O–H groups in total. The summed E-state index contributed by atoms with van der Waals surface area (Å²) in [5, 5.41) is 14.9. The normalized spacial score (nSPS) is 11.5. The van der Waals surface area contributed by atoms with E-state index in [1.165, 1.54) is 39.5 Å². The number of aromatic nitrogens is 5. The highest BCUT2D eigenvalue weighted by atomic mass is 32.2. The maximum atomic E-state index is 13.2. The van der Waals surface area contributed by atoms with Crippen molar-refractivity contribution in [1.82, 2.24) is 24.7 Å². The number of sulfonamides is 1. The Kier molecular flexibility index (Phi) is 7.26. The minimum atomic E-state index is -4.46. The van der Waals surface area contributed by atoms with Crippen LogP contribution in [0.25, 0.3) is 5.95 Å². The van der Waals surface area contributed by atoms with Crippen LogP contribution in [0.1, 0.15) is 31.2 Å². The number of para-hydroxylation sites is 1. The summed E-state index contributed by atoms with van der Waals surface area (Å²) in [5.74, 6) is 0.0647. The molecule has 0 bridgehead atoms. The molecule has 14 nitrogen and oxygen atoms in total. The number of hydrogen-bond donors (Lipinski definition) is 1. The van der Waals surface area contributed by atoms with Crippen molar-refractivity contribution in [3.63, 3.8) is 0 Å². The van der Waals surface area contributed by atoms with E-state index >= 15 is 0 Å². The van der Waals surface area contributed by atoms with Crippen LogP contribution in [-0.4, -0.2) is 59.4 Å². The van der Waals surface area contributed by atoms with Crippen LogP contribution < -0.4 is 14.2 Å². The molecule has 0 fully saturated rings. The van der Waals surface area contributed by atoms with Crippen LogP contribution in [0.5, 0.6) is 11.8 Å². The molecule has 0 unspecified atom stereocenters. The van der Waals surface area contributed by atoms with Gasteiger partial charge < -0.3 is 14.2 Å². The second-order valence-corrected chi connectivity index (χ2v) is 8.74. The summed E-state index contributed by atoms with van der Waals surface area (Å²) in [6.45, 7) is 3.44. The lowest BCUT2D eigenvalue weighted by atomic mass is 10.0. The number of benzene rings is 1. The highest BCUT2D eigenvalue weighted by molar-refractivity contribution is 7.92. The molecule has 1 aromatic carbocycles. The molecular formula is C19H23N7O7S. The summed E-state index contributed by atoms with van der Waals surface area (Å²) in [7, 11) is -0.285. The fourth-order valence-electron chi connectivity index (χ4n) is 3.00. The van der Waals surface area contributed by atoms with Crippen molar-refractivity contribution >= 4 is 21.4 Å². The lowest BCUT2D eigenvalue weighted by Gasteiger charge is -2.13. The van der Waals surface area contributed by atoms with E-state index in [-0.39, 0.29) is 41.7 Å². The van der Waals surface area contributed by atoms with Gasteiger partial charge in [-0.15, -0.1) is 5.10 Å². The van der Waals surface area contributed by atoms with Crippen LogP contribution >= 0.6 is 0 Å². The molecule has 0 aliphatic carbocycles. The van der Waals surface area contributed by atoms with Crippen molar-refractivity contribution in [1.29, 1.82) is 0 Å². The van der Waals surface area contributed by atoms with Gasteiger partial charge in [0.25, 0.3) is 26.8 Å². The molecule has 0 aliphatic rings. The number of hydrogen-bond acceptors (Lipinski definition) is 11. The van der Waals surface area contributed by atoms with Crippen LogP contribution in [0, 0.1) is 10.1 Å². The van der Waals surface area contributed by atoms with E-state index in [1.54, 1.807) is 19.9 Å². The largest absolute Gasteiger partial charge is 0.481 e. The van der Waals surface area contributed by atoms with Crippen LogP contribution in [0.15, 0.2) is 29.4 Å². The van der Waals surface area contributed by atoms with Gasteiger partial charge in [-0.25, -0.2) is 0 Å². The predicted octanol–water partition coefficient (Wildman–Crippen LogP) is 2.05. The molecule has 2 aromatic heterocycles. The van der Waals surface area contributed by atoms with Gasteiger partial charge in [-0.3, -0.25) is 14.8 Å². The Morgan fingerprint density at radius 2 is 1.76 bits per heavy atom. The van der Waals surface area contributed by atoms with Crippen LogP contribution in [-0.2, 0) is 21.4 Å². The summed E-state index contributed by atoms with van der Waals surface area (Å²) >= 11 is 0. The maximum Gasteiger partial charge on any atom is 0.299 e. The zero-order chi connectivity index (χ0) is 25.0. The number of nitro groups is 1. The summed E-state index contributed by atoms with van der Waals surface area (Å²) in [6.07, 6.45) is 0. The summed E-state index contributed by atoms with van der Waals surface area (Å²) in [4.78, 5) is 23.2. The van der Waals surface area contributed by atoms with Crippen LogP contribution in [0.2, 0.25) is 0 Å². The number of methoxy groups -OCH3 is 3. The lowest BCUT2D eigenvalue weighted by molar-refractivity contribution is -0.383. The number of rotatable bonds is 10. The van der Waals surface area contributed by atoms with Gasteiger partial charge in [0.2, 0.25) is 11.8 Å². The second-order valence-electron chi connectivity index (χ2n) is 7.17. The molecule has 0 amide bonds. The molecule has 3 aromatic rings. The zero-order valence-electron chi connectivity index (χ0n) is 19.0. The van der Waals surface area contributed by atoms with Crippen LogP contribution in [0.4, 0.5) is 11.4 Å². The van der Waals surface area contributed by atoms with Gasteiger partial charge in [-0.05, 0) is 11.5 Å². The Morgan fingerprint density at radius 1 is 1.12 bits per heavy atom. The van der Waals surface area contributed by atoms with E-state index in [1.807, 2.05) is 0 Å². The van der Waals surface area contributed by atoms with Crippen molar-refractivity contribution in [2.24, 2.45) is 0 Å². The highest BCUT2D eigenvalue weighted by Crippen LogP contribution is 2.34. The smallest absolute Gasteiger partial charge is 0.299 e. The first kappa shape index (κ1) is 24.8. The van der Waals surface area contributed by atoms with E-state index < -0.39 is 25.8 Å². The molecule has 15 heteroatoms. The Balaban J connectivity index is 2.13. The molecule has 182 valence electrons. The minimum absolute atomic E-state index is 0.0600. The molecule has 0 saturated heterocycles. The van der Waals surface area contributed by atoms with Gasteiger partial charge in [0.1, 0.15) is 12.3 Å². The van der Waals surface area contributed by atoms with Gasteiger partial charge >= 0.3 is 0 Å². The fraction of sp³-hybridized carbons (Fsp3) is 0.368. The van der Waals surface area contributed by atoms with E-state index in [9.17, 15) is 18.5 Å². The third kappa shape index (κ3) is 5.04. The van der Waals surface area contributed by atoms with Crippen molar-refractivity contribution in [3.05, 3.63) is 45.8 Å². The predicted molar refractivity (Wildman–Crippen MR) is 119 cm³/mol. The van der Waals surface area contributed by atoms with E-state index in [0.717, 1.165) is 4.68 Å². The van der Waals surface area contributed by atoms with Crippen molar-refractivity contribution in [2.45, 2.75) is 31.5 Å². The third-order valence-electron chi connectivity index (χ3n) is 4.57.